The van der Waals surface area contributed by atoms with Crippen LogP contribution in [-0.2, 0) is 13.0 Å². The van der Waals surface area contributed by atoms with E-state index in [-0.39, 0.29) is 0 Å². The normalized spacial score (nSPS) is 26.1. The van der Waals surface area contributed by atoms with Gasteiger partial charge < -0.3 is 5.73 Å². The number of nitrogens with two attached hydrogens (primary N) is 1. The van der Waals surface area contributed by atoms with E-state index in [9.17, 15) is 0 Å². The van der Waals surface area contributed by atoms with Crippen molar-refractivity contribution in [3.63, 3.8) is 0 Å². The largest absolute Gasteiger partial charge is 0.327 e. The van der Waals surface area contributed by atoms with E-state index in [1.54, 1.807) is 0 Å². The van der Waals surface area contributed by atoms with Crippen LogP contribution in [-0.4, -0.2) is 24.0 Å². The predicted molar refractivity (Wildman–Crippen MR) is 72.9 cm³/mol. The maximum Gasteiger partial charge on any atom is 0.0233 e. The van der Waals surface area contributed by atoms with Crippen LogP contribution in [0.3, 0.4) is 0 Å². The quantitative estimate of drug-likeness (QED) is 0.867. The summed E-state index contributed by atoms with van der Waals surface area (Å²) in [5.41, 5.74) is 8.89. The predicted octanol–water partition coefficient (Wildman–Crippen LogP) is 2.42. The van der Waals surface area contributed by atoms with Gasteiger partial charge in [0.15, 0.2) is 0 Å². The Balaban J connectivity index is 1.92. The molecule has 0 amide bonds. The fourth-order valence-corrected chi connectivity index (χ4v) is 2.53. The highest BCUT2D eigenvalue weighted by Gasteiger charge is 2.22. The molecule has 0 spiro atoms. The van der Waals surface area contributed by atoms with Crippen molar-refractivity contribution in [3.05, 3.63) is 35.4 Å². The average molecular weight is 232 g/mol. The van der Waals surface area contributed by atoms with Gasteiger partial charge in [0.1, 0.15) is 0 Å². The second-order valence-electron chi connectivity index (χ2n) is 5.33. The van der Waals surface area contributed by atoms with Crippen molar-refractivity contribution in [3.8, 4) is 0 Å². The number of nitrogens with zero attached hydrogens (tertiary/aromatic N) is 1. The fourth-order valence-electron chi connectivity index (χ4n) is 2.53. The second-order valence-corrected chi connectivity index (χ2v) is 5.33. The van der Waals surface area contributed by atoms with Crippen molar-refractivity contribution in [1.82, 2.24) is 4.90 Å². The Hall–Kier alpha value is -0.860. The number of hydrogen-bond donors (Lipinski definition) is 1. The molecule has 0 aromatic heterocycles. The molecular weight excluding hydrogens is 208 g/mol. The van der Waals surface area contributed by atoms with Crippen LogP contribution in [0.5, 0.6) is 0 Å². The molecule has 0 saturated carbocycles. The summed E-state index contributed by atoms with van der Waals surface area (Å²) >= 11 is 0. The molecule has 1 saturated heterocycles. The molecule has 0 bridgehead atoms. The first kappa shape index (κ1) is 12.6. The van der Waals surface area contributed by atoms with Crippen molar-refractivity contribution in [2.45, 2.75) is 39.3 Å². The van der Waals surface area contributed by atoms with E-state index in [1.165, 1.54) is 11.1 Å². The van der Waals surface area contributed by atoms with E-state index in [0.717, 1.165) is 32.5 Å². The van der Waals surface area contributed by atoms with Gasteiger partial charge in [-0.3, -0.25) is 4.90 Å². The van der Waals surface area contributed by atoms with E-state index < -0.39 is 0 Å². The second kappa shape index (κ2) is 5.65. The minimum Gasteiger partial charge on any atom is -0.327 e. The van der Waals surface area contributed by atoms with Crippen LogP contribution < -0.4 is 5.73 Å². The van der Waals surface area contributed by atoms with E-state index in [1.807, 2.05) is 0 Å². The molecule has 1 aromatic carbocycles. The van der Waals surface area contributed by atoms with E-state index in [4.69, 9.17) is 5.73 Å². The molecule has 1 aliphatic rings. The molecule has 2 rings (SSSR count). The Morgan fingerprint density at radius 3 is 2.47 bits per heavy atom. The Kier molecular flexibility index (Phi) is 4.19. The minimum atomic E-state index is 0.397. The highest BCUT2D eigenvalue weighted by molar-refractivity contribution is 5.22. The van der Waals surface area contributed by atoms with Gasteiger partial charge in [0.05, 0.1) is 0 Å². The van der Waals surface area contributed by atoms with E-state index in [2.05, 4.69) is 43.0 Å². The van der Waals surface area contributed by atoms with Crippen molar-refractivity contribution < 1.29 is 0 Å². The smallest absolute Gasteiger partial charge is 0.0233 e. The summed E-state index contributed by atoms with van der Waals surface area (Å²) in [6, 6.07) is 9.41. The lowest BCUT2D eigenvalue weighted by molar-refractivity contribution is 0.158. The molecule has 2 N–H and O–H groups in total. The van der Waals surface area contributed by atoms with Crippen LogP contribution in [0.1, 0.15) is 31.4 Å². The van der Waals surface area contributed by atoms with E-state index in [0.29, 0.717) is 12.0 Å². The van der Waals surface area contributed by atoms with Gasteiger partial charge in [-0.1, -0.05) is 38.1 Å². The number of likely N-dealkylation sites (tertiary alicyclic amines) is 1. The number of benzene rings is 1. The Bertz CT molecular complexity index is 344. The summed E-state index contributed by atoms with van der Waals surface area (Å²) < 4.78 is 0. The van der Waals surface area contributed by atoms with Crippen LogP contribution in [0.15, 0.2) is 24.3 Å². The third-order valence-electron chi connectivity index (χ3n) is 3.89. The molecule has 17 heavy (non-hydrogen) atoms. The Morgan fingerprint density at radius 1 is 1.24 bits per heavy atom. The minimum absolute atomic E-state index is 0.397. The first-order valence-corrected chi connectivity index (χ1v) is 6.74. The van der Waals surface area contributed by atoms with Gasteiger partial charge in [-0.25, -0.2) is 0 Å². The van der Waals surface area contributed by atoms with Gasteiger partial charge in [-0.2, -0.15) is 0 Å². The third-order valence-corrected chi connectivity index (χ3v) is 3.89. The van der Waals surface area contributed by atoms with Crippen LogP contribution >= 0.6 is 0 Å². The van der Waals surface area contributed by atoms with E-state index >= 15 is 0 Å². The van der Waals surface area contributed by atoms with Gasteiger partial charge in [0.25, 0.3) is 0 Å². The highest BCUT2D eigenvalue weighted by atomic mass is 15.1. The number of hydrogen-bond acceptors (Lipinski definition) is 2. The van der Waals surface area contributed by atoms with Crippen LogP contribution in [0.2, 0.25) is 0 Å². The van der Waals surface area contributed by atoms with Crippen molar-refractivity contribution in [2.75, 3.05) is 13.1 Å². The molecule has 0 aliphatic carbocycles. The SMILES string of the molecule is CCc1ccc(CN2CCC(N)C(C)C2)cc1. The number of piperidine rings is 1. The molecule has 1 heterocycles. The zero-order valence-corrected chi connectivity index (χ0v) is 11.0. The summed E-state index contributed by atoms with van der Waals surface area (Å²) in [6.45, 7) is 7.80. The van der Waals surface area contributed by atoms with Crippen LogP contribution in [0.25, 0.3) is 0 Å². The van der Waals surface area contributed by atoms with Gasteiger partial charge in [0, 0.05) is 19.1 Å². The van der Waals surface area contributed by atoms with Crippen LogP contribution in [0, 0.1) is 5.92 Å². The monoisotopic (exact) mass is 232 g/mol. The summed E-state index contributed by atoms with van der Waals surface area (Å²) in [7, 11) is 0. The molecule has 2 nitrogen and oxygen atoms in total. The molecule has 94 valence electrons. The molecule has 0 radical (unpaired) electrons. The molecule has 1 aliphatic heterocycles. The summed E-state index contributed by atoms with van der Waals surface area (Å²) in [5, 5.41) is 0. The molecule has 2 atom stereocenters. The van der Waals surface area contributed by atoms with Crippen LogP contribution in [0.4, 0.5) is 0 Å². The zero-order valence-electron chi connectivity index (χ0n) is 11.0. The van der Waals surface area contributed by atoms with Gasteiger partial charge >= 0.3 is 0 Å². The summed E-state index contributed by atoms with van der Waals surface area (Å²) in [6.07, 6.45) is 2.25. The van der Waals surface area contributed by atoms with Crippen molar-refractivity contribution in [1.29, 1.82) is 0 Å². The highest BCUT2D eigenvalue weighted by Crippen LogP contribution is 2.17. The summed E-state index contributed by atoms with van der Waals surface area (Å²) in [5.74, 6) is 0.624. The average Bonchev–Trinajstić information content (AvgIpc) is 2.35. The Labute approximate surface area is 105 Å². The first-order valence-electron chi connectivity index (χ1n) is 6.74. The van der Waals surface area contributed by atoms with Crippen molar-refractivity contribution in [2.24, 2.45) is 11.7 Å². The topological polar surface area (TPSA) is 29.3 Å². The third kappa shape index (κ3) is 3.30. The first-order chi connectivity index (χ1) is 8.19. The van der Waals surface area contributed by atoms with Crippen molar-refractivity contribution >= 4 is 0 Å². The zero-order chi connectivity index (χ0) is 12.3. The lowest BCUT2D eigenvalue weighted by Crippen LogP contribution is -2.45. The number of aryl methyl sites for hydroxylation is 1. The van der Waals surface area contributed by atoms with Gasteiger partial charge in [-0.05, 0) is 36.4 Å². The standard InChI is InChI=1S/C15H24N2/c1-3-13-4-6-14(7-5-13)11-17-9-8-15(16)12(2)10-17/h4-7,12,15H,3,8-11,16H2,1-2H3. The molecule has 1 aromatic rings. The van der Waals surface area contributed by atoms with Gasteiger partial charge in [0.2, 0.25) is 0 Å². The molecule has 1 fully saturated rings. The fraction of sp³-hybridized carbons (Fsp3) is 0.600. The molecule has 2 heteroatoms. The maximum absolute atomic E-state index is 6.05. The maximum atomic E-state index is 6.05. The molecule has 2 unspecified atom stereocenters. The lowest BCUT2D eigenvalue weighted by atomic mass is 9.94. The lowest BCUT2D eigenvalue weighted by Gasteiger charge is -2.35. The molecular formula is C15H24N2. The summed E-state index contributed by atoms with van der Waals surface area (Å²) in [4.78, 5) is 2.52. The van der Waals surface area contributed by atoms with Gasteiger partial charge in [-0.15, -0.1) is 0 Å². The number of rotatable bonds is 3. The Morgan fingerprint density at radius 2 is 1.88 bits per heavy atom.